The number of aromatic nitrogens is 1. The van der Waals surface area contributed by atoms with Gasteiger partial charge >= 0.3 is 0 Å². The molecule has 112 valence electrons. The van der Waals surface area contributed by atoms with Crippen molar-refractivity contribution in [1.82, 2.24) is 10.3 Å². The molecule has 2 saturated carbocycles. The molecule has 4 atom stereocenters. The largest absolute Gasteiger partial charge is 0.306 e. The van der Waals surface area contributed by atoms with Crippen LogP contribution >= 0.6 is 11.3 Å². The highest BCUT2D eigenvalue weighted by molar-refractivity contribution is 7.11. The van der Waals surface area contributed by atoms with Crippen molar-refractivity contribution in [3.8, 4) is 0 Å². The highest BCUT2D eigenvalue weighted by Crippen LogP contribution is 2.65. The molecule has 0 aliphatic heterocycles. The fraction of sp³-hybridized carbons (Fsp3) is 0.824. The molecule has 2 nitrogen and oxygen atoms in total. The minimum absolute atomic E-state index is 0.429. The van der Waals surface area contributed by atoms with Gasteiger partial charge in [-0.15, -0.1) is 11.3 Å². The van der Waals surface area contributed by atoms with Gasteiger partial charge in [-0.2, -0.15) is 0 Å². The van der Waals surface area contributed by atoms with Crippen LogP contribution < -0.4 is 5.32 Å². The molecule has 20 heavy (non-hydrogen) atoms. The van der Waals surface area contributed by atoms with Crippen molar-refractivity contribution in [2.75, 3.05) is 0 Å². The first-order valence-corrected chi connectivity index (χ1v) is 8.77. The minimum atomic E-state index is 0.429. The van der Waals surface area contributed by atoms with Crippen LogP contribution in [-0.4, -0.2) is 11.0 Å². The van der Waals surface area contributed by atoms with E-state index in [1.807, 2.05) is 11.3 Å². The lowest BCUT2D eigenvalue weighted by atomic mass is 9.69. The maximum absolute atomic E-state index is 4.58. The molecule has 0 spiro atoms. The van der Waals surface area contributed by atoms with Gasteiger partial charge in [-0.3, -0.25) is 0 Å². The zero-order valence-corrected chi connectivity index (χ0v) is 14.5. The van der Waals surface area contributed by atoms with Crippen molar-refractivity contribution in [3.05, 3.63) is 15.6 Å². The highest BCUT2D eigenvalue weighted by atomic mass is 32.1. The summed E-state index contributed by atoms with van der Waals surface area (Å²) in [6.45, 7) is 14.0. The van der Waals surface area contributed by atoms with E-state index in [4.69, 9.17) is 0 Å². The predicted octanol–water partition coefficient (Wildman–Crippen LogP) is 4.63. The molecule has 3 heteroatoms. The van der Waals surface area contributed by atoms with E-state index in [2.05, 4.69) is 51.8 Å². The van der Waals surface area contributed by atoms with Crippen molar-refractivity contribution < 1.29 is 0 Å². The van der Waals surface area contributed by atoms with E-state index in [1.165, 1.54) is 34.8 Å². The summed E-state index contributed by atoms with van der Waals surface area (Å²) in [7, 11) is 0. The Morgan fingerprint density at radius 1 is 1.30 bits per heavy atom. The zero-order chi connectivity index (χ0) is 14.7. The van der Waals surface area contributed by atoms with Crippen LogP contribution in [0.4, 0.5) is 0 Å². The summed E-state index contributed by atoms with van der Waals surface area (Å²) >= 11 is 1.85. The van der Waals surface area contributed by atoms with Gasteiger partial charge in [0.05, 0.1) is 10.7 Å². The van der Waals surface area contributed by atoms with Gasteiger partial charge in [0.1, 0.15) is 0 Å². The Bertz CT molecular complexity index is 519. The average molecular weight is 292 g/mol. The van der Waals surface area contributed by atoms with Crippen LogP contribution in [0.5, 0.6) is 0 Å². The summed E-state index contributed by atoms with van der Waals surface area (Å²) in [6, 6.07) is 1.09. The number of nitrogens with zero attached hydrogens (tertiary/aromatic N) is 1. The molecule has 1 aromatic rings. The fourth-order valence-electron chi connectivity index (χ4n) is 4.78. The minimum Gasteiger partial charge on any atom is -0.306 e. The summed E-state index contributed by atoms with van der Waals surface area (Å²) in [4.78, 5) is 6.00. The van der Waals surface area contributed by atoms with E-state index in [-0.39, 0.29) is 0 Å². The third-order valence-electron chi connectivity index (χ3n) is 6.58. The van der Waals surface area contributed by atoms with Crippen LogP contribution in [0.3, 0.4) is 0 Å². The summed E-state index contributed by atoms with van der Waals surface area (Å²) < 4.78 is 0. The van der Waals surface area contributed by atoms with Crippen molar-refractivity contribution >= 4 is 11.3 Å². The van der Waals surface area contributed by atoms with Crippen molar-refractivity contribution in [2.45, 2.75) is 72.9 Å². The standard InChI is InChI=1S/C17H28N2S/c1-10-15(20-12(3)18-10)11(2)19-14-9-13-7-8-17(14,6)16(13,4)5/h11,13-14,19H,7-9H2,1-6H3. The maximum Gasteiger partial charge on any atom is 0.0900 e. The summed E-state index contributed by atoms with van der Waals surface area (Å²) in [5.41, 5.74) is 2.16. The van der Waals surface area contributed by atoms with E-state index in [1.54, 1.807) is 0 Å². The molecule has 3 rings (SSSR count). The second-order valence-corrected chi connectivity index (χ2v) is 8.97. The van der Waals surface area contributed by atoms with Gasteiger partial charge in [0.25, 0.3) is 0 Å². The van der Waals surface area contributed by atoms with E-state index < -0.39 is 0 Å². The third kappa shape index (κ3) is 1.89. The molecule has 0 amide bonds. The number of hydrogen-bond acceptors (Lipinski definition) is 3. The second-order valence-electron chi connectivity index (χ2n) is 7.73. The SMILES string of the molecule is Cc1nc(C)c(C(C)NC2CC3CCC2(C)C3(C)C)s1. The fourth-order valence-corrected chi connectivity index (χ4v) is 5.72. The lowest BCUT2D eigenvalue weighted by molar-refractivity contribution is 0.116. The average Bonchev–Trinajstić information content (AvgIpc) is 2.86. The van der Waals surface area contributed by atoms with Crippen molar-refractivity contribution in [3.63, 3.8) is 0 Å². The number of fused-ring (bicyclic) bond motifs is 2. The number of thiazole rings is 1. The Balaban J connectivity index is 1.78. The Morgan fingerprint density at radius 3 is 2.45 bits per heavy atom. The van der Waals surface area contributed by atoms with Crippen molar-refractivity contribution in [2.24, 2.45) is 16.7 Å². The molecule has 1 heterocycles. The summed E-state index contributed by atoms with van der Waals surface area (Å²) in [6.07, 6.45) is 4.16. The number of rotatable bonds is 3. The molecular weight excluding hydrogens is 264 g/mol. The maximum atomic E-state index is 4.58. The molecule has 0 saturated heterocycles. The number of hydrogen-bond donors (Lipinski definition) is 1. The first-order valence-electron chi connectivity index (χ1n) is 7.95. The van der Waals surface area contributed by atoms with Gasteiger partial charge in [-0.05, 0) is 56.8 Å². The molecule has 1 N–H and O–H groups in total. The Kier molecular flexibility index (Phi) is 3.30. The van der Waals surface area contributed by atoms with Crippen LogP contribution in [0.25, 0.3) is 0 Å². The molecule has 2 aliphatic rings. The molecule has 0 radical (unpaired) electrons. The van der Waals surface area contributed by atoms with E-state index in [0.29, 0.717) is 22.9 Å². The number of nitrogens with one attached hydrogen (secondary N) is 1. The van der Waals surface area contributed by atoms with Gasteiger partial charge in [0.15, 0.2) is 0 Å². The van der Waals surface area contributed by atoms with Crippen LogP contribution in [0.1, 0.15) is 68.6 Å². The first kappa shape index (κ1) is 14.5. The van der Waals surface area contributed by atoms with E-state index >= 15 is 0 Å². The molecule has 1 aromatic heterocycles. The van der Waals surface area contributed by atoms with E-state index in [0.717, 1.165) is 5.92 Å². The molecule has 4 unspecified atom stereocenters. The Labute approximate surface area is 127 Å². The van der Waals surface area contributed by atoms with Crippen LogP contribution in [0.2, 0.25) is 0 Å². The monoisotopic (exact) mass is 292 g/mol. The first-order chi connectivity index (χ1) is 9.25. The Hall–Kier alpha value is -0.410. The topological polar surface area (TPSA) is 24.9 Å². The molecule has 0 aromatic carbocycles. The van der Waals surface area contributed by atoms with Gasteiger partial charge in [0, 0.05) is 17.0 Å². The second kappa shape index (κ2) is 4.54. The third-order valence-corrected chi connectivity index (χ3v) is 7.83. The van der Waals surface area contributed by atoms with E-state index in [9.17, 15) is 0 Å². The van der Waals surface area contributed by atoms with Gasteiger partial charge in [0.2, 0.25) is 0 Å². The van der Waals surface area contributed by atoms with Crippen LogP contribution in [0, 0.1) is 30.6 Å². The predicted molar refractivity (Wildman–Crippen MR) is 86.2 cm³/mol. The van der Waals surface area contributed by atoms with Gasteiger partial charge in [-0.1, -0.05) is 20.8 Å². The molecule has 2 fully saturated rings. The summed E-state index contributed by atoms with van der Waals surface area (Å²) in [5, 5.41) is 5.13. The lowest BCUT2D eigenvalue weighted by Crippen LogP contribution is -2.45. The quantitative estimate of drug-likeness (QED) is 0.879. The van der Waals surface area contributed by atoms with Crippen LogP contribution in [-0.2, 0) is 0 Å². The smallest absolute Gasteiger partial charge is 0.0900 e. The number of aryl methyl sites for hydroxylation is 2. The molecule has 2 bridgehead atoms. The summed E-state index contributed by atoms with van der Waals surface area (Å²) in [5.74, 6) is 0.904. The van der Waals surface area contributed by atoms with Gasteiger partial charge < -0.3 is 5.32 Å². The zero-order valence-electron chi connectivity index (χ0n) is 13.7. The molecule has 2 aliphatic carbocycles. The normalized spacial score (nSPS) is 36.5. The molecular formula is C17H28N2S. The van der Waals surface area contributed by atoms with Gasteiger partial charge in [-0.25, -0.2) is 4.98 Å². The Morgan fingerprint density at radius 2 is 2.00 bits per heavy atom. The highest BCUT2D eigenvalue weighted by Gasteiger charge is 2.61. The lowest BCUT2D eigenvalue weighted by Gasteiger charge is -2.40. The van der Waals surface area contributed by atoms with Crippen molar-refractivity contribution in [1.29, 1.82) is 0 Å². The van der Waals surface area contributed by atoms with Crippen LogP contribution in [0.15, 0.2) is 0 Å².